The van der Waals surface area contributed by atoms with E-state index < -0.39 is 10.0 Å². The Labute approximate surface area is 169 Å². The van der Waals surface area contributed by atoms with Gasteiger partial charge in [0.15, 0.2) is 0 Å². The van der Waals surface area contributed by atoms with Gasteiger partial charge < -0.3 is 20.7 Å². The molecule has 5 N–H and O–H groups in total. The van der Waals surface area contributed by atoms with Crippen molar-refractivity contribution in [3.8, 4) is 5.75 Å². The lowest BCUT2D eigenvalue weighted by Gasteiger charge is -2.14. The van der Waals surface area contributed by atoms with Gasteiger partial charge in [-0.25, -0.2) is 18.5 Å². The normalized spacial score (nSPS) is 11.0. The minimum Gasteiger partial charge on any atom is -0.495 e. The molecule has 0 spiro atoms. The van der Waals surface area contributed by atoms with Crippen molar-refractivity contribution in [2.24, 2.45) is 5.14 Å². The summed E-state index contributed by atoms with van der Waals surface area (Å²) >= 11 is 0. The summed E-state index contributed by atoms with van der Waals surface area (Å²) in [5, 5.41) is 14.6. The van der Waals surface area contributed by atoms with E-state index in [0.29, 0.717) is 11.8 Å². The molecule has 29 heavy (non-hydrogen) atoms. The van der Waals surface area contributed by atoms with Crippen molar-refractivity contribution in [2.75, 3.05) is 30.1 Å². The van der Waals surface area contributed by atoms with E-state index in [0.717, 1.165) is 16.9 Å². The summed E-state index contributed by atoms with van der Waals surface area (Å²) in [6.07, 6.45) is 1.56. The van der Waals surface area contributed by atoms with Gasteiger partial charge in [0.2, 0.25) is 16.0 Å². The van der Waals surface area contributed by atoms with Gasteiger partial charge in [-0.1, -0.05) is 12.1 Å². The minimum absolute atomic E-state index is 0.143. The molecule has 0 bridgehead atoms. The van der Waals surface area contributed by atoms with Gasteiger partial charge in [0, 0.05) is 24.6 Å². The van der Waals surface area contributed by atoms with Gasteiger partial charge in [0.1, 0.15) is 16.5 Å². The predicted octanol–water partition coefficient (Wildman–Crippen LogP) is 2.97. The van der Waals surface area contributed by atoms with E-state index in [1.54, 1.807) is 24.4 Å². The lowest BCUT2D eigenvalue weighted by molar-refractivity contribution is 0.403. The van der Waals surface area contributed by atoms with E-state index >= 15 is 0 Å². The Hall–Kier alpha value is -3.37. The fraction of sp³-hybridized carbons (Fsp3) is 0.158. The SMILES string of the molecule is CNc1cc(Nc2nccc(Nc3cccc(OC)c3S(N)(=O)=O)n2)ccc1C. The van der Waals surface area contributed by atoms with Gasteiger partial charge in [-0.3, -0.25) is 0 Å². The van der Waals surface area contributed by atoms with Crippen molar-refractivity contribution in [3.63, 3.8) is 0 Å². The number of ether oxygens (including phenoxy) is 1. The minimum atomic E-state index is -4.02. The second-order valence-corrected chi connectivity index (χ2v) is 7.68. The molecule has 0 saturated carbocycles. The molecule has 0 aliphatic carbocycles. The number of nitrogens with two attached hydrogens (primary N) is 1. The molecule has 2 aromatic carbocycles. The first-order valence-corrected chi connectivity index (χ1v) is 10.2. The van der Waals surface area contributed by atoms with Crippen LogP contribution in [0.1, 0.15) is 5.56 Å². The van der Waals surface area contributed by atoms with Crippen LogP contribution in [0, 0.1) is 6.92 Å². The number of aryl methyl sites for hydroxylation is 1. The highest BCUT2D eigenvalue weighted by Gasteiger charge is 2.20. The Morgan fingerprint density at radius 1 is 1.07 bits per heavy atom. The number of methoxy groups -OCH3 is 1. The van der Waals surface area contributed by atoms with Crippen molar-refractivity contribution < 1.29 is 13.2 Å². The fourth-order valence-electron chi connectivity index (χ4n) is 2.79. The third-order valence-electron chi connectivity index (χ3n) is 4.16. The number of primary sulfonamides is 1. The largest absolute Gasteiger partial charge is 0.495 e. The third kappa shape index (κ3) is 4.73. The Kier molecular flexibility index (Phi) is 5.85. The number of nitrogens with zero attached hydrogens (tertiary/aromatic N) is 2. The van der Waals surface area contributed by atoms with Crippen molar-refractivity contribution in [3.05, 3.63) is 54.2 Å². The van der Waals surface area contributed by atoms with Crippen LogP contribution in [-0.2, 0) is 10.0 Å². The summed E-state index contributed by atoms with van der Waals surface area (Å²) in [4.78, 5) is 8.45. The first kappa shape index (κ1) is 20.4. The number of rotatable bonds is 7. The summed E-state index contributed by atoms with van der Waals surface area (Å²) < 4.78 is 29.2. The molecule has 0 aliphatic heterocycles. The van der Waals surface area contributed by atoms with Gasteiger partial charge in [0.25, 0.3) is 0 Å². The maximum absolute atomic E-state index is 12.0. The van der Waals surface area contributed by atoms with E-state index in [1.165, 1.54) is 13.2 Å². The molecule has 0 unspecified atom stereocenters. The molecular formula is C19H22N6O3S. The van der Waals surface area contributed by atoms with E-state index in [9.17, 15) is 8.42 Å². The van der Waals surface area contributed by atoms with Gasteiger partial charge >= 0.3 is 0 Å². The van der Waals surface area contributed by atoms with Crippen LogP contribution in [0.2, 0.25) is 0 Å². The second-order valence-electron chi connectivity index (χ2n) is 6.18. The first-order valence-electron chi connectivity index (χ1n) is 8.67. The summed E-state index contributed by atoms with van der Waals surface area (Å²) in [5.41, 5.74) is 3.16. The van der Waals surface area contributed by atoms with E-state index in [2.05, 4.69) is 25.9 Å². The highest BCUT2D eigenvalue weighted by molar-refractivity contribution is 7.89. The number of hydrogen-bond donors (Lipinski definition) is 4. The van der Waals surface area contributed by atoms with Gasteiger partial charge in [0.05, 0.1) is 12.8 Å². The number of hydrogen-bond acceptors (Lipinski definition) is 8. The van der Waals surface area contributed by atoms with Crippen LogP contribution in [0.15, 0.2) is 53.6 Å². The Morgan fingerprint density at radius 2 is 1.86 bits per heavy atom. The van der Waals surface area contributed by atoms with Crippen LogP contribution in [-0.4, -0.2) is 32.5 Å². The quantitative estimate of drug-likeness (QED) is 0.464. The lowest BCUT2D eigenvalue weighted by atomic mass is 10.2. The Morgan fingerprint density at radius 3 is 2.55 bits per heavy atom. The number of benzene rings is 2. The predicted molar refractivity (Wildman–Crippen MR) is 114 cm³/mol. The average Bonchev–Trinajstić information content (AvgIpc) is 2.68. The zero-order chi connectivity index (χ0) is 21.0. The number of sulfonamides is 1. The summed E-state index contributed by atoms with van der Waals surface area (Å²) in [6.45, 7) is 2.01. The van der Waals surface area contributed by atoms with Crippen molar-refractivity contribution >= 4 is 38.9 Å². The van der Waals surface area contributed by atoms with Gasteiger partial charge in [-0.15, -0.1) is 0 Å². The second kappa shape index (κ2) is 8.33. The molecule has 152 valence electrons. The fourth-order valence-corrected chi connectivity index (χ4v) is 3.65. The Balaban J connectivity index is 1.90. The number of aromatic nitrogens is 2. The zero-order valence-corrected chi connectivity index (χ0v) is 17.0. The van der Waals surface area contributed by atoms with Crippen LogP contribution < -0.4 is 25.8 Å². The molecule has 0 amide bonds. The molecule has 9 nitrogen and oxygen atoms in total. The highest BCUT2D eigenvalue weighted by Crippen LogP contribution is 2.32. The molecule has 1 heterocycles. The summed E-state index contributed by atoms with van der Waals surface area (Å²) in [5.74, 6) is 0.881. The average molecular weight is 414 g/mol. The van der Waals surface area contributed by atoms with Crippen LogP contribution >= 0.6 is 0 Å². The molecule has 3 aromatic rings. The molecule has 0 aliphatic rings. The molecule has 3 rings (SSSR count). The van der Waals surface area contributed by atoms with Crippen molar-refractivity contribution in [2.45, 2.75) is 11.8 Å². The molecule has 0 fully saturated rings. The van der Waals surface area contributed by atoms with Gasteiger partial charge in [-0.05, 0) is 42.8 Å². The molecular weight excluding hydrogens is 392 g/mol. The van der Waals surface area contributed by atoms with Crippen LogP contribution in [0.25, 0.3) is 0 Å². The van der Waals surface area contributed by atoms with E-state index in [4.69, 9.17) is 9.88 Å². The van der Waals surface area contributed by atoms with E-state index in [1.807, 2.05) is 32.2 Å². The van der Waals surface area contributed by atoms with Crippen molar-refractivity contribution in [1.82, 2.24) is 9.97 Å². The first-order chi connectivity index (χ1) is 13.8. The lowest BCUT2D eigenvalue weighted by Crippen LogP contribution is -2.15. The molecule has 0 atom stereocenters. The zero-order valence-electron chi connectivity index (χ0n) is 16.2. The van der Waals surface area contributed by atoms with Crippen LogP contribution in [0.5, 0.6) is 5.75 Å². The maximum atomic E-state index is 12.0. The highest BCUT2D eigenvalue weighted by atomic mass is 32.2. The third-order valence-corrected chi connectivity index (χ3v) is 5.15. The molecule has 0 saturated heterocycles. The maximum Gasteiger partial charge on any atom is 0.243 e. The number of nitrogens with one attached hydrogen (secondary N) is 3. The molecule has 0 radical (unpaired) electrons. The standard InChI is InChI=1S/C19H22N6O3S/c1-12-7-8-13(11-15(12)21-2)23-19-22-10-9-17(25-19)24-14-5-4-6-16(28-3)18(14)29(20,26)27/h4-11,21H,1-3H3,(H2,20,26,27)(H2,22,23,24,25). The number of anilines is 5. The molecule has 10 heteroatoms. The van der Waals surface area contributed by atoms with Gasteiger partial charge in [-0.2, -0.15) is 4.98 Å². The molecule has 1 aromatic heterocycles. The van der Waals surface area contributed by atoms with Crippen LogP contribution in [0.3, 0.4) is 0 Å². The monoisotopic (exact) mass is 414 g/mol. The smallest absolute Gasteiger partial charge is 0.243 e. The summed E-state index contributed by atoms with van der Waals surface area (Å²) in [6, 6.07) is 12.2. The Bertz CT molecular complexity index is 1130. The topological polar surface area (TPSA) is 131 Å². The van der Waals surface area contributed by atoms with Crippen LogP contribution in [0.4, 0.5) is 28.8 Å². The summed E-state index contributed by atoms with van der Waals surface area (Å²) in [7, 11) is -0.792. The van der Waals surface area contributed by atoms with Crippen molar-refractivity contribution in [1.29, 1.82) is 0 Å². The van der Waals surface area contributed by atoms with E-state index in [-0.39, 0.29) is 16.3 Å².